The summed E-state index contributed by atoms with van der Waals surface area (Å²) >= 11 is 12.9. The molecule has 2 amide bonds. The molecule has 1 fully saturated rings. The summed E-state index contributed by atoms with van der Waals surface area (Å²) in [6.07, 6.45) is 1.63. The number of carbonyl (C=O) groups excluding carboxylic acids is 2. The van der Waals surface area contributed by atoms with E-state index in [0.717, 1.165) is 11.8 Å². The Morgan fingerprint density at radius 3 is 2.43 bits per heavy atom. The predicted molar refractivity (Wildman–Crippen MR) is 179 cm³/mol. The maximum Gasteiger partial charge on any atom is 0.277 e. The number of amides is 2. The van der Waals surface area contributed by atoms with Gasteiger partial charge in [0.2, 0.25) is 15.9 Å². The van der Waals surface area contributed by atoms with Crippen molar-refractivity contribution < 1.29 is 31.5 Å². The van der Waals surface area contributed by atoms with Crippen LogP contribution in [0.1, 0.15) is 74.2 Å². The molecule has 1 spiro atoms. The Morgan fingerprint density at radius 1 is 1.09 bits per heavy atom. The largest absolute Gasteiger partial charge is 0.477 e. The number of piperidine rings is 1. The van der Waals surface area contributed by atoms with E-state index in [0.29, 0.717) is 40.4 Å². The Labute approximate surface area is 283 Å². The van der Waals surface area contributed by atoms with Crippen molar-refractivity contribution in [1.82, 2.24) is 10.0 Å². The molecule has 0 unspecified atom stereocenters. The predicted octanol–water partition coefficient (Wildman–Crippen LogP) is 6.72. The van der Waals surface area contributed by atoms with E-state index in [1.807, 2.05) is 6.92 Å². The van der Waals surface area contributed by atoms with Crippen molar-refractivity contribution in [1.29, 1.82) is 0 Å². The van der Waals surface area contributed by atoms with Gasteiger partial charge in [0, 0.05) is 41.6 Å². The normalized spacial score (nSPS) is 21.1. The standard InChI is InChI=1S/C34H37Cl2F2N3O5S/c1-6-33(7-2,32(43)40-47(5,44)45)46-30-11-9-21(35)14-24(30)25-12-13-39-31(23-15-22(37)10-8-19(23)3)34(25)18-41(20(4)42)29-17-27(36)28(38)16-26(29)34/h8-11,14-17,25,31,39H,6-7,12-13,18H2,1-5H3,(H,40,43)/t25-,31-,34-/m0/s1. The molecule has 0 aromatic heterocycles. The summed E-state index contributed by atoms with van der Waals surface area (Å²) in [4.78, 5) is 28.2. The third kappa shape index (κ3) is 6.35. The fourth-order valence-electron chi connectivity index (χ4n) is 7.26. The monoisotopic (exact) mass is 707 g/mol. The third-order valence-corrected chi connectivity index (χ3v) is 10.7. The van der Waals surface area contributed by atoms with Crippen molar-refractivity contribution in [3.63, 3.8) is 0 Å². The number of halogens is 4. The average Bonchev–Trinajstić information content (AvgIpc) is 3.31. The van der Waals surface area contributed by atoms with Crippen LogP contribution in [-0.2, 0) is 25.0 Å². The highest BCUT2D eigenvalue weighted by Crippen LogP contribution is 2.60. The number of rotatable bonds is 8. The summed E-state index contributed by atoms with van der Waals surface area (Å²) in [5, 5.41) is 3.77. The van der Waals surface area contributed by atoms with E-state index in [-0.39, 0.29) is 36.1 Å². The van der Waals surface area contributed by atoms with Gasteiger partial charge in [0.1, 0.15) is 17.4 Å². The van der Waals surface area contributed by atoms with Crippen molar-refractivity contribution in [2.75, 3.05) is 24.2 Å². The summed E-state index contributed by atoms with van der Waals surface area (Å²) in [5.74, 6) is -2.48. The molecule has 3 aromatic rings. The maximum atomic E-state index is 15.5. The van der Waals surface area contributed by atoms with E-state index in [9.17, 15) is 22.4 Å². The summed E-state index contributed by atoms with van der Waals surface area (Å²) in [5.41, 5.74) is 0.254. The lowest BCUT2D eigenvalue weighted by Gasteiger charge is -2.50. The minimum atomic E-state index is -3.90. The number of ether oxygens (including phenoxy) is 1. The molecule has 0 aliphatic carbocycles. The van der Waals surface area contributed by atoms with Crippen LogP contribution in [0.3, 0.4) is 0 Å². The van der Waals surface area contributed by atoms with Crippen molar-refractivity contribution in [2.45, 2.75) is 69.9 Å². The molecule has 3 atom stereocenters. The molecular formula is C34H37Cl2F2N3O5S. The Bertz CT molecular complexity index is 1850. The maximum absolute atomic E-state index is 15.5. The van der Waals surface area contributed by atoms with E-state index < -0.39 is 50.5 Å². The smallest absolute Gasteiger partial charge is 0.277 e. The lowest BCUT2D eigenvalue weighted by atomic mass is 9.59. The second kappa shape index (κ2) is 13.0. The lowest BCUT2D eigenvalue weighted by molar-refractivity contribution is -0.135. The van der Waals surface area contributed by atoms with Crippen LogP contribution in [0, 0.1) is 18.6 Å². The van der Waals surface area contributed by atoms with Crippen molar-refractivity contribution in [2.24, 2.45) is 0 Å². The van der Waals surface area contributed by atoms with E-state index in [1.54, 1.807) is 43.0 Å². The molecule has 2 heterocycles. The second-order valence-electron chi connectivity index (χ2n) is 12.3. The number of carbonyl (C=O) groups is 2. The number of aryl methyl sites for hydroxylation is 1. The molecule has 13 heteroatoms. The van der Waals surface area contributed by atoms with Gasteiger partial charge in [-0.25, -0.2) is 21.9 Å². The topological polar surface area (TPSA) is 105 Å². The highest BCUT2D eigenvalue weighted by Gasteiger charge is 2.57. The van der Waals surface area contributed by atoms with Crippen LogP contribution >= 0.6 is 23.2 Å². The lowest BCUT2D eigenvalue weighted by Crippen LogP contribution is -2.54. The zero-order chi connectivity index (χ0) is 34.5. The number of anilines is 1. The van der Waals surface area contributed by atoms with Crippen LogP contribution in [-0.4, -0.2) is 45.2 Å². The molecule has 47 heavy (non-hydrogen) atoms. The van der Waals surface area contributed by atoms with Gasteiger partial charge in [-0.15, -0.1) is 0 Å². The molecule has 0 radical (unpaired) electrons. The number of fused-ring (bicyclic) bond motifs is 2. The Kier molecular flexibility index (Phi) is 9.69. The van der Waals surface area contributed by atoms with Gasteiger partial charge in [-0.1, -0.05) is 43.1 Å². The van der Waals surface area contributed by atoms with E-state index in [4.69, 9.17) is 27.9 Å². The van der Waals surface area contributed by atoms with Crippen LogP contribution < -0.4 is 19.7 Å². The fourth-order valence-corrected chi connectivity index (χ4v) is 8.13. The van der Waals surface area contributed by atoms with Crippen LogP contribution in [0.2, 0.25) is 10.0 Å². The fraction of sp³-hybridized carbons (Fsp3) is 0.412. The number of nitrogens with one attached hydrogen (secondary N) is 2. The molecule has 8 nitrogen and oxygen atoms in total. The summed E-state index contributed by atoms with van der Waals surface area (Å²) in [6.45, 7) is 7.26. The highest BCUT2D eigenvalue weighted by molar-refractivity contribution is 7.89. The first-order valence-corrected chi connectivity index (χ1v) is 18.0. The van der Waals surface area contributed by atoms with Crippen LogP contribution in [0.25, 0.3) is 0 Å². The molecule has 2 aliphatic rings. The van der Waals surface area contributed by atoms with Gasteiger partial charge in [0.25, 0.3) is 5.91 Å². The minimum absolute atomic E-state index is 0.0863. The Balaban J connectivity index is 1.79. The first-order chi connectivity index (χ1) is 22.1. The molecular weight excluding hydrogens is 671 g/mol. The number of benzene rings is 3. The van der Waals surface area contributed by atoms with Crippen molar-refractivity contribution in [3.05, 3.63) is 92.5 Å². The van der Waals surface area contributed by atoms with Gasteiger partial charge in [-0.3, -0.25) is 9.59 Å². The number of hydrogen-bond donors (Lipinski definition) is 2. The SMILES string of the molecule is CCC(CC)(Oc1ccc(Cl)cc1[C@@H]1CCN[C@@H](c2cc(F)ccc2C)[C@@]12CN(C(C)=O)c1cc(Cl)c(F)cc12)C(=O)NS(C)(=O)=O. The summed E-state index contributed by atoms with van der Waals surface area (Å²) in [7, 11) is -3.90. The quantitative estimate of drug-likeness (QED) is 0.270. The molecule has 0 saturated carbocycles. The van der Waals surface area contributed by atoms with E-state index in [1.165, 1.54) is 31.2 Å². The average molecular weight is 709 g/mol. The molecule has 252 valence electrons. The minimum Gasteiger partial charge on any atom is -0.477 e. The molecule has 2 aliphatic heterocycles. The van der Waals surface area contributed by atoms with Gasteiger partial charge >= 0.3 is 0 Å². The van der Waals surface area contributed by atoms with E-state index >= 15 is 4.39 Å². The van der Waals surface area contributed by atoms with Gasteiger partial charge in [0.05, 0.1) is 11.3 Å². The zero-order valence-corrected chi connectivity index (χ0v) is 29.0. The van der Waals surface area contributed by atoms with Crippen LogP contribution in [0.15, 0.2) is 48.5 Å². The van der Waals surface area contributed by atoms with Crippen LogP contribution in [0.4, 0.5) is 14.5 Å². The number of hydrogen-bond acceptors (Lipinski definition) is 6. The van der Waals surface area contributed by atoms with E-state index in [2.05, 4.69) is 10.0 Å². The van der Waals surface area contributed by atoms with Gasteiger partial charge in [-0.05, 0) is 97.4 Å². The Hall–Kier alpha value is -3.25. The second-order valence-corrected chi connectivity index (χ2v) is 14.9. The van der Waals surface area contributed by atoms with Gasteiger partial charge < -0.3 is 15.0 Å². The third-order valence-electron chi connectivity index (χ3n) is 9.59. The Morgan fingerprint density at radius 2 is 1.79 bits per heavy atom. The molecule has 1 saturated heterocycles. The molecule has 3 aromatic carbocycles. The zero-order valence-electron chi connectivity index (χ0n) is 26.7. The first-order valence-electron chi connectivity index (χ1n) is 15.3. The molecule has 2 N–H and O–H groups in total. The van der Waals surface area contributed by atoms with Crippen molar-refractivity contribution >= 4 is 50.7 Å². The van der Waals surface area contributed by atoms with Gasteiger partial charge in [0.15, 0.2) is 5.60 Å². The van der Waals surface area contributed by atoms with Crippen LogP contribution in [0.5, 0.6) is 5.75 Å². The first kappa shape index (κ1) is 35.1. The summed E-state index contributed by atoms with van der Waals surface area (Å²) in [6, 6.07) is 11.6. The molecule has 5 rings (SSSR count). The van der Waals surface area contributed by atoms with Crippen molar-refractivity contribution in [3.8, 4) is 5.75 Å². The number of nitrogens with zero attached hydrogens (tertiary/aromatic N) is 1. The molecule has 0 bridgehead atoms. The number of sulfonamides is 1. The van der Waals surface area contributed by atoms with Gasteiger partial charge in [-0.2, -0.15) is 0 Å². The highest BCUT2D eigenvalue weighted by atomic mass is 35.5. The summed E-state index contributed by atoms with van der Waals surface area (Å²) < 4.78 is 63.1.